The molecular weight excluding hydrogens is 486 g/mol. The fourth-order valence-corrected chi connectivity index (χ4v) is 4.65. The third-order valence-electron chi connectivity index (χ3n) is 4.83. The Kier molecular flexibility index (Phi) is 7.83. The van der Waals surface area contributed by atoms with E-state index in [2.05, 4.69) is 5.32 Å². The van der Waals surface area contributed by atoms with E-state index >= 15 is 0 Å². The predicted molar refractivity (Wildman–Crippen MR) is 133 cm³/mol. The number of carbonyl (C=O) groups excluding carboxylic acids is 2. The number of hydrogen-bond acceptors (Lipinski definition) is 7. The van der Waals surface area contributed by atoms with Gasteiger partial charge in [-0.2, -0.15) is 4.73 Å². The Bertz CT molecular complexity index is 1330. The minimum absolute atomic E-state index is 0.0577. The molecule has 0 radical (unpaired) electrons. The maximum absolute atomic E-state index is 13.7. The van der Waals surface area contributed by atoms with Gasteiger partial charge in [0, 0.05) is 12.1 Å². The molecule has 0 atom stereocenters. The van der Waals surface area contributed by atoms with Crippen LogP contribution in [0.2, 0.25) is 0 Å². The standard InChI is InChI=1S/C25H27N3O7S/c1-25(2,3)35-23(29)17-28(36(32,33)20-11-9-19(34-4)10-12-20)22-8-6-5-7-21(22)26-24(30)18-13-15-27(31)16-14-18/h5-16H,17H2,1-4H3,(H,26,30). The van der Waals surface area contributed by atoms with E-state index in [-0.39, 0.29) is 21.8 Å². The SMILES string of the molecule is COc1ccc(S(=O)(=O)N(CC(=O)OC(C)(C)C)c2ccccc2NC(=O)c2cc[n+]([O-])cc2)cc1. The Morgan fingerprint density at radius 3 is 2.19 bits per heavy atom. The van der Waals surface area contributed by atoms with Crippen LogP contribution in [0.25, 0.3) is 0 Å². The molecule has 0 spiro atoms. The van der Waals surface area contributed by atoms with E-state index in [1.807, 2.05) is 0 Å². The number of aromatic nitrogens is 1. The first kappa shape index (κ1) is 26.5. The monoisotopic (exact) mass is 513 g/mol. The molecule has 190 valence electrons. The quantitative estimate of drug-likeness (QED) is 0.278. The second-order valence-electron chi connectivity index (χ2n) is 8.69. The van der Waals surface area contributed by atoms with Gasteiger partial charge in [0.15, 0.2) is 12.4 Å². The summed E-state index contributed by atoms with van der Waals surface area (Å²) < 4.78 is 39.3. The number of nitrogens with zero attached hydrogens (tertiary/aromatic N) is 2. The molecule has 0 aliphatic rings. The van der Waals surface area contributed by atoms with Gasteiger partial charge in [0.1, 0.15) is 17.9 Å². The first-order chi connectivity index (χ1) is 16.9. The maximum atomic E-state index is 13.7. The number of carbonyl (C=O) groups is 2. The summed E-state index contributed by atoms with van der Waals surface area (Å²) in [4.78, 5) is 25.5. The molecule has 0 fully saturated rings. The average molecular weight is 514 g/mol. The van der Waals surface area contributed by atoms with Crippen LogP contribution in [0, 0.1) is 5.21 Å². The van der Waals surface area contributed by atoms with E-state index < -0.39 is 34.0 Å². The van der Waals surface area contributed by atoms with Crippen molar-refractivity contribution in [3.8, 4) is 5.75 Å². The van der Waals surface area contributed by atoms with E-state index in [0.29, 0.717) is 10.5 Å². The topological polar surface area (TPSA) is 129 Å². The van der Waals surface area contributed by atoms with E-state index in [4.69, 9.17) is 9.47 Å². The van der Waals surface area contributed by atoms with Crippen molar-refractivity contribution >= 4 is 33.3 Å². The lowest BCUT2D eigenvalue weighted by molar-refractivity contribution is -0.605. The summed E-state index contributed by atoms with van der Waals surface area (Å²) >= 11 is 0. The largest absolute Gasteiger partial charge is 0.619 e. The van der Waals surface area contributed by atoms with Gasteiger partial charge >= 0.3 is 5.97 Å². The summed E-state index contributed by atoms with van der Waals surface area (Å²) in [6, 6.07) is 14.5. The Morgan fingerprint density at radius 1 is 1.00 bits per heavy atom. The van der Waals surface area contributed by atoms with Crippen LogP contribution in [-0.4, -0.2) is 39.5 Å². The van der Waals surface area contributed by atoms with Crippen molar-refractivity contribution in [2.75, 3.05) is 23.3 Å². The van der Waals surface area contributed by atoms with Gasteiger partial charge in [0.05, 0.1) is 28.9 Å². The molecule has 0 unspecified atom stereocenters. The number of benzene rings is 2. The summed E-state index contributed by atoms with van der Waals surface area (Å²) in [5.41, 5.74) is -0.454. The van der Waals surface area contributed by atoms with Gasteiger partial charge in [-0.3, -0.25) is 13.9 Å². The molecule has 0 bridgehead atoms. The van der Waals surface area contributed by atoms with E-state index in [1.54, 1.807) is 32.9 Å². The normalized spacial score (nSPS) is 11.4. The number of sulfonamides is 1. The molecule has 10 nitrogen and oxygen atoms in total. The van der Waals surface area contributed by atoms with E-state index in [0.717, 1.165) is 4.31 Å². The average Bonchev–Trinajstić information content (AvgIpc) is 2.82. The van der Waals surface area contributed by atoms with Gasteiger partial charge in [0.25, 0.3) is 15.9 Å². The van der Waals surface area contributed by atoms with Gasteiger partial charge in [-0.1, -0.05) is 12.1 Å². The molecule has 2 aromatic carbocycles. The molecule has 3 rings (SSSR count). The highest BCUT2D eigenvalue weighted by atomic mass is 32.2. The zero-order chi connectivity index (χ0) is 26.5. The van der Waals surface area contributed by atoms with Gasteiger partial charge < -0.3 is 20.0 Å². The lowest BCUT2D eigenvalue weighted by atomic mass is 10.2. The van der Waals surface area contributed by atoms with Crippen molar-refractivity contribution in [3.05, 3.63) is 83.8 Å². The number of hydrogen-bond donors (Lipinski definition) is 1. The third-order valence-corrected chi connectivity index (χ3v) is 6.60. The molecule has 1 aromatic heterocycles. The summed E-state index contributed by atoms with van der Waals surface area (Å²) in [7, 11) is -2.82. The summed E-state index contributed by atoms with van der Waals surface area (Å²) in [5, 5.41) is 14.0. The number of anilines is 2. The smallest absolute Gasteiger partial charge is 0.327 e. The van der Waals surface area contributed by atoms with Crippen LogP contribution in [0.5, 0.6) is 5.75 Å². The Labute approximate surface area is 209 Å². The van der Waals surface area contributed by atoms with Gasteiger partial charge in [-0.25, -0.2) is 8.42 Å². The number of ether oxygens (including phenoxy) is 2. The highest BCUT2D eigenvalue weighted by Gasteiger charge is 2.31. The summed E-state index contributed by atoms with van der Waals surface area (Å²) in [6.07, 6.45) is 2.34. The Balaban J connectivity index is 2.04. The molecule has 1 heterocycles. The molecule has 0 saturated carbocycles. The first-order valence-electron chi connectivity index (χ1n) is 10.9. The van der Waals surface area contributed by atoms with Crippen LogP contribution in [0.3, 0.4) is 0 Å². The molecule has 0 aliphatic heterocycles. The Morgan fingerprint density at radius 2 is 1.61 bits per heavy atom. The molecule has 0 aliphatic carbocycles. The number of amides is 1. The van der Waals surface area contributed by atoms with Crippen LogP contribution >= 0.6 is 0 Å². The van der Waals surface area contributed by atoms with Crippen molar-refractivity contribution in [2.24, 2.45) is 0 Å². The molecule has 1 amide bonds. The third kappa shape index (κ3) is 6.51. The first-order valence-corrected chi connectivity index (χ1v) is 12.3. The molecule has 36 heavy (non-hydrogen) atoms. The van der Waals surface area contributed by atoms with Crippen molar-refractivity contribution in [3.63, 3.8) is 0 Å². The number of rotatable bonds is 8. The minimum atomic E-state index is -4.28. The Hall–Kier alpha value is -4.12. The van der Waals surface area contributed by atoms with Crippen molar-refractivity contribution in [1.82, 2.24) is 0 Å². The van der Waals surface area contributed by atoms with E-state index in [1.165, 1.54) is 68.0 Å². The van der Waals surface area contributed by atoms with Gasteiger partial charge in [-0.05, 0) is 57.2 Å². The fraction of sp³-hybridized carbons (Fsp3) is 0.240. The lowest BCUT2D eigenvalue weighted by Gasteiger charge is -2.28. The molecule has 3 aromatic rings. The van der Waals surface area contributed by atoms with Gasteiger partial charge in [-0.15, -0.1) is 0 Å². The molecule has 11 heteroatoms. The number of pyridine rings is 1. The number of nitrogens with one attached hydrogen (secondary N) is 1. The van der Waals surface area contributed by atoms with Crippen LogP contribution in [0.4, 0.5) is 11.4 Å². The van der Waals surface area contributed by atoms with Crippen LogP contribution in [-0.2, 0) is 19.6 Å². The summed E-state index contributed by atoms with van der Waals surface area (Å²) in [5.74, 6) is -0.881. The summed E-state index contributed by atoms with van der Waals surface area (Å²) in [6.45, 7) is 4.38. The predicted octanol–water partition coefficient (Wildman–Crippen LogP) is 3.12. The van der Waals surface area contributed by atoms with Crippen LogP contribution in [0.1, 0.15) is 31.1 Å². The zero-order valence-electron chi connectivity index (χ0n) is 20.3. The minimum Gasteiger partial charge on any atom is -0.619 e. The van der Waals surface area contributed by atoms with Crippen LogP contribution < -0.4 is 19.1 Å². The molecule has 1 N–H and O–H groups in total. The van der Waals surface area contributed by atoms with Gasteiger partial charge in [0.2, 0.25) is 0 Å². The maximum Gasteiger partial charge on any atom is 0.327 e. The molecular formula is C25H27N3O7S. The van der Waals surface area contributed by atoms with E-state index in [9.17, 15) is 23.2 Å². The number of esters is 1. The van der Waals surface area contributed by atoms with Crippen molar-refractivity contribution in [2.45, 2.75) is 31.3 Å². The van der Waals surface area contributed by atoms with Crippen molar-refractivity contribution in [1.29, 1.82) is 0 Å². The van der Waals surface area contributed by atoms with Crippen LogP contribution in [0.15, 0.2) is 78.0 Å². The fourth-order valence-electron chi connectivity index (χ4n) is 3.22. The van der Waals surface area contributed by atoms with Crippen molar-refractivity contribution < 1.29 is 32.2 Å². The zero-order valence-corrected chi connectivity index (χ0v) is 21.1. The lowest BCUT2D eigenvalue weighted by Crippen LogP contribution is -2.39. The second kappa shape index (κ2) is 10.6. The number of para-hydroxylation sites is 2. The number of methoxy groups -OCH3 is 1. The highest BCUT2D eigenvalue weighted by molar-refractivity contribution is 7.92. The second-order valence-corrected chi connectivity index (χ2v) is 10.6. The highest BCUT2D eigenvalue weighted by Crippen LogP contribution is 2.32. The molecule has 0 saturated heterocycles.